The largest absolute Gasteiger partial charge is 0.358 e. The summed E-state index contributed by atoms with van der Waals surface area (Å²) < 4.78 is 0. The second-order valence-corrected chi connectivity index (χ2v) is 4.16. The first kappa shape index (κ1) is 9.80. The van der Waals surface area contributed by atoms with Crippen LogP contribution in [0.4, 0.5) is 0 Å². The Bertz CT molecular complexity index is 220. The van der Waals surface area contributed by atoms with Crippen molar-refractivity contribution in [2.45, 2.75) is 13.1 Å². The summed E-state index contributed by atoms with van der Waals surface area (Å²) >= 11 is 0. The van der Waals surface area contributed by atoms with Crippen LogP contribution in [0.5, 0.6) is 0 Å². The number of nitrogens with zero attached hydrogens (tertiary/aromatic N) is 4. The van der Waals surface area contributed by atoms with Crippen LogP contribution in [-0.2, 0) is 0 Å². The molecule has 0 aliphatic carbocycles. The van der Waals surface area contributed by atoms with E-state index in [1.807, 2.05) is 6.20 Å². The van der Waals surface area contributed by atoms with Crippen molar-refractivity contribution < 1.29 is 0 Å². The number of hydrogen-bond acceptors (Lipinski definition) is 4. The summed E-state index contributed by atoms with van der Waals surface area (Å²) in [5.74, 6) is 0. The molecule has 4 heteroatoms. The van der Waals surface area contributed by atoms with E-state index in [0.717, 1.165) is 26.2 Å². The molecule has 1 atom stereocenters. The molecule has 1 radical (unpaired) electrons. The Kier molecular flexibility index (Phi) is 2.65. The van der Waals surface area contributed by atoms with Crippen LogP contribution in [0.2, 0.25) is 0 Å². The van der Waals surface area contributed by atoms with Gasteiger partial charge < -0.3 is 9.80 Å². The predicted octanol–water partition coefficient (Wildman–Crippen LogP) is 0.0166. The van der Waals surface area contributed by atoms with Gasteiger partial charge in [-0.3, -0.25) is 5.01 Å². The number of rotatable bonds is 1. The van der Waals surface area contributed by atoms with Crippen LogP contribution in [0.1, 0.15) is 6.92 Å². The van der Waals surface area contributed by atoms with Crippen molar-refractivity contribution >= 4 is 0 Å². The molecule has 1 unspecified atom stereocenters. The fourth-order valence-corrected chi connectivity index (χ4v) is 1.87. The van der Waals surface area contributed by atoms with Crippen LogP contribution in [0.25, 0.3) is 0 Å². The zero-order valence-corrected chi connectivity index (χ0v) is 9.27. The van der Waals surface area contributed by atoms with Gasteiger partial charge in [-0.25, -0.2) is 5.01 Å². The standard InChI is InChI=1S/C10H19N4/c1-10-12(3)6-9-14(10)13-7-4-11(2)5-8-13/h6,10H,4-5,7-8H2,1-3H3. The average Bonchev–Trinajstić information content (AvgIpc) is 2.50. The lowest BCUT2D eigenvalue weighted by atomic mass is 10.4. The zero-order chi connectivity index (χ0) is 10.1. The summed E-state index contributed by atoms with van der Waals surface area (Å²) in [5, 5.41) is 4.59. The van der Waals surface area contributed by atoms with E-state index in [0.29, 0.717) is 6.17 Å². The number of likely N-dealkylation sites (N-methyl/N-ethyl adjacent to an activating group) is 1. The molecule has 79 valence electrons. The molecule has 14 heavy (non-hydrogen) atoms. The lowest BCUT2D eigenvalue weighted by Crippen LogP contribution is -2.54. The van der Waals surface area contributed by atoms with Gasteiger partial charge in [0, 0.05) is 39.4 Å². The van der Waals surface area contributed by atoms with Gasteiger partial charge in [0.05, 0.1) is 6.20 Å². The third-order valence-corrected chi connectivity index (χ3v) is 3.12. The lowest BCUT2D eigenvalue weighted by molar-refractivity contribution is -0.0628. The van der Waals surface area contributed by atoms with E-state index in [2.05, 4.69) is 47.0 Å². The molecule has 2 aliphatic rings. The first-order valence-corrected chi connectivity index (χ1v) is 5.22. The van der Waals surface area contributed by atoms with Crippen molar-refractivity contribution in [1.29, 1.82) is 0 Å². The van der Waals surface area contributed by atoms with Crippen molar-refractivity contribution in [3.8, 4) is 0 Å². The molecule has 0 N–H and O–H groups in total. The van der Waals surface area contributed by atoms with Crippen LogP contribution in [0.15, 0.2) is 6.20 Å². The molecular formula is C10H19N4. The van der Waals surface area contributed by atoms with Crippen LogP contribution >= 0.6 is 0 Å². The summed E-state index contributed by atoms with van der Waals surface area (Å²) in [6.07, 6.45) is 5.71. The summed E-state index contributed by atoms with van der Waals surface area (Å²) in [4.78, 5) is 4.54. The summed E-state index contributed by atoms with van der Waals surface area (Å²) in [7, 11) is 4.27. The van der Waals surface area contributed by atoms with Gasteiger partial charge in [-0.1, -0.05) is 0 Å². The fourth-order valence-electron chi connectivity index (χ4n) is 1.87. The molecule has 0 aromatic carbocycles. The van der Waals surface area contributed by atoms with Crippen molar-refractivity contribution in [3.05, 3.63) is 12.4 Å². The predicted molar refractivity (Wildman–Crippen MR) is 55.9 cm³/mol. The van der Waals surface area contributed by atoms with Gasteiger partial charge in [0.2, 0.25) is 0 Å². The van der Waals surface area contributed by atoms with E-state index >= 15 is 0 Å². The molecule has 4 nitrogen and oxygen atoms in total. The Labute approximate surface area is 86.3 Å². The normalized spacial score (nSPS) is 30.4. The highest BCUT2D eigenvalue weighted by Crippen LogP contribution is 2.16. The van der Waals surface area contributed by atoms with Gasteiger partial charge >= 0.3 is 0 Å². The fraction of sp³-hybridized carbons (Fsp3) is 0.800. The highest BCUT2D eigenvalue weighted by Gasteiger charge is 2.26. The average molecular weight is 195 g/mol. The molecule has 0 aromatic heterocycles. The Morgan fingerprint density at radius 2 is 1.79 bits per heavy atom. The Balaban J connectivity index is 1.93. The molecule has 0 amide bonds. The van der Waals surface area contributed by atoms with Gasteiger partial charge in [0.15, 0.2) is 0 Å². The molecule has 2 rings (SSSR count). The molecular weight excluding hydrogens is 176 g/mol. The Morgan fingerprint density at radius 3 is 2.29 bits per heavy atom. The molecule has 2 aliphatic heterocycles. The SMILES string of the molecule is CC1N(C)C=[C]N1N1CCN(C)CC1. The Morgan fingerprint density at radius 1 is 1.14 bits per heavy atom. The van der Waals surface area contributed by atoms with Gasteiger partial charge in [-0.15, -0.1) is 0 Å². The number of piperazine rings is 1. The van der Waals surface area contributed by atoms with Crippen LogP contribution in [0.3, 0.4) is 0 Å². The molecule has 0 bridgehead atoms. The van der Waals surface area contributed by atoms with Gasteiger partial charge in [-0.05, 0) is 14.0 Å². The summed E-state index contributed by atoms with van der Waals surface area (Å²) in [6, 6.07) is 0. The second-order valence-electron chi connectivity index (χ2n) is 4.16. The van der Waals surface area contributed by atoms with E-state index in [1.54, 1.807) is 0 Å². The van der Waals surface area contributed by atoms with E-state index < -0.39 is 0 Å². The van der Waals surface area contributed by atoms with E-state index in [1.165, 1.54) is 0 Å². The van der Waals surface area contributed by atoms with Crippen molar-refractivity contribution in [2.75, 3.05) is 40.3 Å². The van der Waals surface area contributed by atoms with Crippen molar-refractivity contribution in [1.82, 2.24) is 19.8 Å². The maximum atomic E-state index is 3.28. The van der Waals surface area contributed by atoms with E-state index in [4.69, 9.17) is 0 Å². The quantitative estimate of drug-likeness (QED) is 0.584. The first-order chi connectivity index (χ1) is 6.68. The second kappa shape index (κ2) is 3.79. The van der Waals surface area contributed by atoms with E-state index in [9.17, 15) is 0 Å². The van der Waals surface area contributed by atoms with E-state index in [-0.39, 0.29) is 0 Å². The minimum atomic E-state index is 0.415. The Hall–Kier alpha value is -0.740. The van der Waals surface area contributed by atoms with Gasteiger partial charge in [-0.2, -0.15) is 0 Å². The molecule has 2 heterocycles. The topological polar surface area (TPSA) is 13.0 Å². The minimum Gasteiger partial charge on any atom is -0.358 e. The van der Waals surface area contributed by atoms with Crippen molar-refractivity contribution in [3.63, 3.8) is 0 Å². The molecule has 0 saturated carbocycles. The number of hydrazine groups is 1. The van der Waals surface area contributed by atoms with Gasteiger partial charge in [0.25, 0.3) is 0 Å². The summed E-state index contributed by atoms with van der Waals surface area (Å²) in [6.45, 7) is 6.71. The zero-order valence-electron chi connectivity index (χ0n) is 9.27. The smallest absolute Gasteiger partial charge is 0.113 e. The molecule has 0 aromatic rings. The monoisotopic (exact) mass is 195 g/mol. The highest BCUT2D eigenvalue weighted by molar-refractivity contribution is 4.87. The maximum Gasteiger partial charge on any atom is 0.113 e. The lowest BCUT2D eigenvalue weighted by Gasteiger charge is -2.40. The number of hydrogen-bond donors (Lipinski definition) is 0. The maximum absolute atomic E-state index is 3.28. The van der Waals surface area contributed by atoms with Gasteiger partial charge in [0.1, 0.15) is 6.17 Å². The highest BCUT2D eigenvalue weighted by atomic mass is 15.7. The van der Waals surface area contributed by atoms with Crippen LogP contribution in [0, 0.1) is 6.20 Å². The third kappa shape index (κ3) is 1.72. The minimum absolute atomic E-state index is 0.415. The first-order valence-electron chi connectivity index (χ1n) is 5.22. The summed E-state index contributed by atoms with van der Waals surface area (Å²) in [5.41, 5.74) is 0. The third-order valence-electron chi connectivity index (χ3n) is 3.12. The van der Waals surface area contributed by atoms with Crippen LogP contribution < -0.4 is 0 Å². The molecule has 1 fully saturated rings. The molecule has 1 saturated heterocycles. The van der Waals surface area contributed by atoms with Crippen LogP contribution in [-0.4, -0.2) is 66.3 Å². The van der Waals surface area contributed by atoms with Crippen molar-refractivity contribution in [2.24, 2.45) is 0 Å². The molecule has 0 spiro atoms.